The number of halogens is 3. The van der Waals surface area contributed by atoms with Gasteiger partial charge in [-0.1, -0.05) is 31.3 Å². The van der Waals surface area contributed by atoms with E-state index in [1.54, 1.807) is 12.1 Å². The number of benzene rings is 2. The maximum Gasteiger partial charge on any atom is 0.228 e. The number of amides is 1. The zero-order chi connectivity index (χ0) is 24.0. The molecule has 0 atom stereocenters. The monoisotopic (exact) mass is 531 g/mol. The Labute approximate surface area is 208 Å². The number of hydrogen-bond donors (Lipinski definition) is 0. The molecular weight excluding hydrogens is 504 g/mol. The fourth-order valence-corrected chi connectivity index (χ4v) is 5.77. The van der Waals surface area contributed by atoms with E-state index < -0.39 is 21.5 Å². The third kappa shape index (κ3) is 6.94. The molecule has 0 saturated heterocycles. The standard InChI is InChI=1S/C23H27F2N3O3S2.ClH/c1-3-27(4-2)14-15-28(23-26-22-19(25)7-5-8-20(22)32-23)21(29)9-6-16-33(30,31)18-12-10-17(24)11-13-18;/h5,7-8,10-13H,3-4,6,9,14-16H2,1-2H3;1H. The molecule has 0 aliphatic carbocycles. The van der Waals surface area contributed by atoms with E-state index in [2.05, 4.69) is 9.88 Å². The molecule has 34 heavy (non-hydrogen) atoms. The van der Waals surface area contributed by atoms with Gasteiger partial charge >= 0.3 is 0 Å². The van der Waals surface area contributed by atoms with Crippen LogP contribution in [-0.2, 0) is 14.6 Å². The molecule has 1 aromatic heterocycles. The summed E-state index contributed by atoms with van der Waals surface area (Å²) in [5.74, 6) is -1.46. The number of hydrogen-bond acceptors (Lipinski definition) is 6. The normalized spacial score (nSPS) is 11.6. The zero-order valence-corrected chi connectivity index (χ0v) is 21.5. The summed E-state index contributed by atoms with van der Waals surface area (Å²) >= 11 is 1.23. The number of anilines is 1. The first-order valence-corrected chi connectivity index (χ1v) is 13.3. The maximum absolute atomic E-state index is 14.1. The summed E-state index contributed by atoms with van der Waals surface area (Å²) in [4.78, 5) is 21.2. The van der Waals surface area contributed by atoms with Gasteiger partial charge in [0.05, 0.1) is 15.3 Å². The molecule has 0 aliphatic heterocycles. The first-order valence-electron chi connectivity index (χ1n) is 10.8. The van der Waals surface area contributed by atoms with Gasteiger partial charge in [-0.2, -0.15) is 0 Å². The minimum Gasteiger partial charge on any atom is -0.302 e. The second-order valence-electron chi connectivity index (χ2n) is 7.53. The maximum atomic E-state index is 14.1. The van der Waals surface area contributed by atoms with Gasteiger partial charge in [0.2, 0.25) is 5.91 Å². The smallest absolute Gasteiger partial charge is 0.228 e. The fourth-order valence-electron chi connectivity index (χ4n) is 3.44. The minimum absolute atomic E-state index is 0. The van der Waals surface area contributed by atoms with Crippen molar-refractivity contribution < 1.29 is 22.0 Å². The second-order valence-corrected chi connectivity index (χ2v) is 10.6. The number of rotatable bonds is 11. The van der Waals surface area contributed by atoms with Crippen LogP contribution in [0.25, 0.3) is 10.2 Å². The average Bonchev–Trinajstić information content (AvgIpc) is 3.22. The van der Waals surface area contributed by atoms with Crippen molar-refractivity contribution in [1.82, 2.24) is 9.88 Å². The molecule has 0 unspecified atom stereocenters. The molecule has 0 fully saturated rings. The Morgan fingerprint density at radius 1 is 1.03 bits per heavy atom. The van der Waals surface area contributed by atoms with Crippen molar-refractivity contribution in [1.29, 1.82) is 0 Å². The van der Waals surface area contributed by atoms with Gasteiger partial charge in [0, 0.05) is 19.5 Å². The molecule has 0 aliphatic rings. The van der Waals surface area contributed by atoms with E-state index in [-0.39, 0.29) is 47.3 Å². The van der Waals surface area contributed by atoms with Crippen molar-refractivity contribution in [3.8, 4) is 0 Å². The molecule has 0 bridgehead atoms. The lowest BCUT2D eigenvalue weighted by molar-refractivity contribution is -0.118. The second kappa shape index (κ2) is 12.5. The van der Waals surface area contributed by atoms with Crippen molar-refractivity contribution in [3.05, 3.63) is 54.1 Å². The number of nitrogens with zero attached hydrogens (tertiary/aromatic N) is 3. The largest absolute Gasteiger partial charge is 0.302 e. The van der Waals surface area contributed by atoms with Crippen LogP contribution in [0.1, 0.15) is 26.7 Å². The van der Waals surface area contributed by atoms with Gasteiger partial charge in [-0.05, 0) is 55.9 Å². The molecule has 6 nitrogen and oxygen atoms in total. The summed E-state index contributed by atoms with van der Waals surface area (Å²) < 4.78 is 52.9. The SMILES string of the molecule is CCN(CC)CCN(C(=O)CCCS(=O)(=O)c1ccc(F)cc1)c1nc2c(F)cccc2s1.Cl. The van der Waals surface area contributed by atoms with Crippen LogP contribution in [0, 0.1) is 11.6 Å². The lowest BCUT2D eigenvalue weighted by Gasteiger charge is -2.24. The first kappa shape index (κ1) is 28.1. The summed E-state index contributed by atoms with van der Waals surface area (Å²) in [6.07, 6.45) is 0.108. The van der Waals surface area contributed by atoms with Crippen LogP contribution in [-0.4, -0.2) is 56.1 Å². The fraction of sp³-hybridized carbons (Fsp3) is 0.391. The highest BCUT2D eigenvalue weighted by Gasteiger charge is 2.22. The van der Waals surface area contributed by atoms with Crippen LogP contribution in [0.3, 0.4) is 0 Å². The summed E-state index contributed by atoms with van der Waals surface area (Å²) in [6.45, 7) is 6.69. The van der Waals surface area contributed by atoms with E-state index in [0.29, 0.717) is 22.9 Å². The minimum atomic E-state index is -3.63. The van der Waals surface area contributed by atoms with Crippen LogP contribution in [0.4, 0.5) is 13.9 Å². The molecule has 0 saturated carbocycles. The summed E-state index contributed by atoms with van der Waals surface area (Å²) in [7, 11) is -3.63. The number of thiazole rings is 1. The van der Waals surface area contributed by atoms with Crippen molar-refractivity contribution in [3.63, 3.8) is 0 Å². The third-order valence-electron chi connectivity index (χ3n) is 5.40. The van der Waals surface area contributed by atoms with Gasteiger partial charge in [-0.15, -0.1) is 12.4 Å². The number of carbonyl (C=O) groups is 1. The molecule has 1 heterocycles. The number of sulfone groups is 1. The third-order valence-corrected chi connectivity index (χ3v) is 8.26. The van der Waals surface area contributed by atoms with Crippen molar-refractivity contribution in [2.45, 2.75) is 31.6 Å². The lowest BCUT2D eigenvalue weighted by Crippen LogP contribution is -2.38. The van der Waals surface area contributed by atoms with E-state index in [1.165, 1.54) is 34.4 Å². The Kier molecular flexibility index (Phi) is 10.4. The van der Waals surface area contributed by atoms with E-state index in [1.807, 2.05) is 13.8 Å². The Balaban J connectivity index is 0.00000408. The van der Waals surface area contributed by atoms with Crippen molar-refractivity contribution in [2.75, 3.05) is 36.8 Å². The van der Waals surface area contributed by atoms with Crippen LogP contribution in [0.5, 0.6) is 0 Å². The van der Waals surface area contributed by atoms with Gasteiger partial charge in [0.1, 0.15) is 17.2 Å². The number of likely N-dealkylation sites (N-methyl/N-ethyl adjacent to an activating group) is 1. The van der Waals surface area contributed by atoms with Crippen LogP contribution in [0.2, 0.25) is 0 Å². The number of fused-ring (bicyclic) bond motifs is 1. The summed E-state index contributed by atoms with van der Waals surface area (Å²) in [6, 6.07) is 9.31. The molecule has 2 aromatic carbocycles. The van der Waals surface area contributed by atoms with Gasteiger partial charge in [0.25, 0.3) is 0 Å². The van der Waals surface area contributed by atoms with Crippen LogP contribution in [0.15, 0.2) is 47.4 Å². The molecule has 3 rings (SSSR count). The van der Waals surface area contributed by atoms with Gasteiger partial charge < -0.3 is 4.90 Å². The molecule has 0 spiro atoms. The quantitative estimate of drug-likeness (QED) is 0.328. The van der Waals surface area contributed by atoms with E-state index in [0.717, 1.165) is 25.2 Å². The van der Waals surface area contributed by atoms with Crippen LogP contribution >= 0.6 is 23.7 Å². The van der Waals surface area contributed by atoms with Gasteiger partial charge in [-0.25, -0.2) is 22.2 Å². The number of para-hydroxylation sites is 1. The van der Waals surface area contributed by atoms with E-state index in [9.17, 15) is 22.0 Å². The molecule has 1 amide bonds. The van der Waals surface area contributed by atoms with Crippen LogP contribution < -0.4 is 4.90 Å². The molecule has 186 valence electrons. The van der Waals surface area contributed by atoms with E-state index >= 15 is 0 Å². The zero-order valence-electron chi connectivity index (χ0n) is 19.0. The molecule has 3 aromatic rings. The Morgan fingerprint density at radius 3 is 2.32 bits per heavy atom. The Morgan fingerprint density at radius 2 is 1.71 bits per heavy atom. The highest BCUT2D eigenvalue weighted by Crippen LogP contribution is 2.30. The van der Waals surface area contributed by atoms with E-state index in [4.69, 9.17) is 0 Å². The van der Waals surface area contributed by atoms with Gasteiger partial charge in [-0.3, -0.25) is 9.69 Å². The summed E-state index contributed by atoms with van der Waals surface area (Å²) in [5, 5.41) is 0.397. The molecule has 0 N–H and O–H groups in total. The predicted molar refractivity (Wildman–Crippen MR) is 135 cm³/mol. The van der Waals surface area contributed by atoms with Gasteiger partial charge in [0.15, 0.2) is 15.0 Å². The molecule has 0 radical (unpaired) electrons. The highest BCUT2D eigenvalue weighted by molar-refractivity contribution is 7.91. The number of aromatic nitrogens is 1. The Hall–Kier alpha value is -2.14. The average molecular weight is 532 g/mol. The Bertz CT molecular complexity index is 1200. The summed E-state index contributed by atoms with van der Waals surface area (Å²) in [5.41, 5.74) is 0.219. The topological polar surface area (TPSA) is 70.6 Å². The highest BCUT2D eigenvalue weighted by atomic mass is 35.5. The van der Waals surface area contributed by atoms with Crippen molar-refractivity contribution >= 4 is 54.8 Å². The molecular formula is C23H28ClF2N3O3S2. The lowest BCUT2D eigenvalue weighted by atomic mass is 10.3. The molecule has 11 heteroatoms. The van der Waals surface area contributed by atoms with Crippen molar-refractivity contribution in [2.24, 2.45) is 0 Å². The number of carbonyl (C=O) groups excluding carboxylic acids is 1. The first-order chi connectivity index (χ1) is 15.7. The predicted octanol–water partition coefficient (Wildman–Crippen LogP) is 4.93.